The van der Waals surface area contributed by atoms with Crippen LogP contribution in [0.5, 0.6) is 0 Å². The van der Waals surface area contributed by atoms with Crippen molar-refractivity contribution < 1.29 is 19.1 Å². The molecule has 3 aromatic rings. The van der Waals surface area contributed by atoms with Crippen LogP contribution in [0.3, 0.4) is 0 Å². The average Bonchev–Trinajstić information content (AvgIpc) is 3.10. The molecule has 1 heterocycles. The van der Waals surface area contributed by atoms with Gasteiger partial charge in [0.15, 0.2) is 0 Å². The van der Waals surface area contributed by atoms with Crippen LogP contribution in [0.15, 0.2) is 54.6 Å². The number of carbonyl (C=O) groups excluding carboxylic acids is 3. The molecule has 0 saturated carbocycles. The molecule has 0 unspecified atom stereocenters. The van der Waals surface area contributed by atoms with Gasteiger partial charge < -0.3 is 15.4 Å². The summed E-state index contributed by atoms with van der Waals surface area (Å²) in [6.45, 7) is 2.10. The second kappa shape index (κ2) is 10.2. The summed E-state index contributed by atoms with van der Waals surface area (Å²) in [7, 11) is 1.25. The number of amides is 2. The quantitative estimate of drug-likeness (QED) is 0.504. The molecule has 8 heteroatoms. The standard InChI is InChI=1S/C23H21ClN2O4S/c1-14-18(23(29)30-2)22(26-20(27)16-8-10-17(24)11-9-16)31-19(14)21(28)25-13-12-15-6-4-3-5-7-15/h3-11H,12-13H2,1-2H3,(H,25,28)(H,26,27). The van der Waals surface area contributed by atoms with Crippen LogP contribution in [0, 0.1) is 6.92 Å². The van der Waals surface area contributed by atoms with E-state index in [1.165, 1.54) is 7.11 Å². The van der Waals surface area contributed by atoms with Crippen LogP contribution in [-0.4, -0.2) is 31.4 Å². The van der Waals surface area contributed by atoms with Crippen molar-refractivity contribution in [3.8, 4) is 0 Å². The van der Waals surface area contributed by atoms with Gasteiger partial charge in [0.05, 0.1) is 17.6 Å². The van der Waals surface area contributed by atoms with Crippen LogP contribution >= 0.6 is 22.9 Å². The summed E-state index contributed by atoms with van der Waals surface area (Å²) >= 11 is 6.91. The molecule has 0 aliphatic heterocycles. The van der Waals surface area contributed by atoms with Gasteiger partial charge in [-0.05, 0) is 48.7 Å². The molecule has 0 atom stereocenters. The van der Waals surface area contributed by atoms with Crippen molar-refractivity contribution in [3.63, 3.8) is 0 Å². The van der Waals surface area contributed by atoms with Crippen molar-refractivity contribution in [1.82, 2.24) is 5.32 Å². The smallest absolute Gasteiger partial charge is 0.341 e. The molecule has 3 rings (SSSR count). The summed E-state index contributed by atoms with van der Waals surface area (Å²) in [5.74, 6) is -1.35. The van der Waals surface area contributed by atoms with Crippen molar-refractivity contribution in [2.75, 3.05) is 19.0 Å². The van der Waals surface area contributed by atoms with E-state index >= 15 is 0 Å². The second-order valence-electron chi connectivity index (χ2n) is 6.70. The van der Waals surface area contributed by atoms with Gasteiger partial charge in [0, 0.05) is 17.1 Å². The van der Waals surface area contributed by atoms with Crippen LogP contribution in [0.2, 0.25) is 5.02 Å². The fourth-order valence-electron chi connectivity index (χ4n) is 2.99. The Hall–Kier alpha value is -3.16. The number of methoxy groups -OCH3 is 1. The van der Waals surface area contributed by atoms with E-state index in [1.54, 1.807) is 31.2 Å². The fourth-order valence-corrected chi connectivity index (χ4v) is 4.22. The van der Waals surface area contributed by atoms with Crippen molar-refractivity contribution in [2.45, 2.75) is 13.3 Å². The topological polar surface area (TPSA) is 84.5 Å². The van der Waals surface area contributed by atoms with Gasteiger partial charge in [-0.2, -0.15) is 0 Å². The van der Waals surface area contributed by atoms with Crippen LogP contribution in [0.4, 0.5) is 5.00 Å². The highest BCUT2D eigenvalue weighted by Crippen LogP contribution is 2.34. The number of rotatable bonds is 7. The van der Waals surface area contributed by atoms with Gasteiger partial charge in [-0.15, -0.1) is 11.3 Å². The summed E-state index contributed by atoms with van der Waals surface area (Å²) < 4.78 is 4.86. The van der Waals surface area contributed by atoms with Gasteiger partial charge in [-0.1, -0.05) is 41.9 Å². The first-order valence-electron chi connectivity index (χ1n) is 9.51. The lowest BCUT2D eigenvalue weighted by atomic mass is 10.1. The Morgan fingerprint density at radius 1 is 1.00 bits per heavy atom. The highest BCUT2D eigenvalue weighted by atomic mass is 35.5. The highest BCUT2D eigenvalue weighted by molar-refractivity contribution is 7.18. The number of anilines is 1. The maximum Gasteiger partial charge on any atom is 0.341 e. The monoisotopic (exact) mass is 456 g/mol. The van der Waals surface area contributed by atoms with Gasteiger partial charge in [0.1, 0.15) is 5.00 Å². The number of carbonyl (C=O) groups is 3. The van der Waals surface area contributed by atoms with E-state index in [0.29, 0.717) is 34.0 Å². The van der Waals surface area contributed by atoms with E-state index in [1.807, 2.05) is 30.3 Å². The molecule has 0 saturated heterocycles. The molecule has 2 amide bonds. The molecule has 0 radical (unpaired) electrons. The third kappa shape index (κ3) is 5.51. The normalized spacial score (nSPS) is 10.4. The number of hydrogen-bond donors (Lipinski definition) is 2. The Bertz CT molecular complexity index is 1090. The van der Waals surface area contributed by atoms with Crippen molar-refractivity contribution >= 4 is 45.7 Å². The number of nitrogens with one attached hydrogen (secondary N) is 2. The lowest BCUT2D eigenvalue weighted by molar-refractivity contribution is 0.0601. The average molecular weight is 457 g/mol. The van der Waals surface area contributed by atoms with Crippen molar-refractivity contribution in [2.24, 2.45) is 0 Å². The van der Waals surface area contributed by atoms with E-state index in [0.717, 1.165) is 16.9 Å². The third-order valence-corrected chi connectivity index (χ3v) is 6.08. The highest BCUT2D eigenvalue weighted by Gasteiger charge is 2.26. The van der Waals surface area contributed by atoms with E-state index in [-0.39, 0.29) is 16.5 Å². The second-order valence-corrected chi connectivity index (χ2v) is 8.16. The molecular weight excluding hydrogens is 436 g/mol. The molecule has 0 bridgehead atoms. The zero-order valence-corrected chi connectivity index (χ0v) is 18.6. The predicted molar refractivity (Wildman–Crippen MR) is 122 cm³/mol. The number of benzene rings is 2. The first-order chi connectivity index (χ1) is 14.9. The maximum absolute atomic E-state index is 12.7. The summed E-state index contributed by atoms with van der Waals surface area (Å²) in [5.41, 5.74) is 2.11. The molecule has 0 spiro atoms. The lowest BCUT2D eigenvalue weighted by Crippen LogP contribution is -2.25. The summed E-state index contributed by atoms with van der Waals surface area (Å²) in [6.07, 6.45) is 0.682. The number of ether oxygens (including phenoxy) is 1. The zero-order chi connectivity index (χ0) is 22.4. The van der Waals surface area contributed by atoms with Gasteiger partial charge in [0.2, 0.25) is 0 Å². The van der Waals surface area contributed by atoms with Crippen LogP contribution in [0.1, 0.15) is 41.5 Å². The van der Waals surface area contributed by atoms with Crippen LogP contribution < -0.4 is 10.6 Å². The molecule has 2 N–H and O–H groups in total. The van der Waals surface area contributed by atoms with Crippen molar-refractivity contribution in [1.29, 1.82) is 0 Å². The predicted octanol–water partition coefficient (Wildman–Crippen LogP) is 4.72. The van der Waals surface area contributed by atoms with Crippen molar-refractivity contribution in [3.05, 3.63) is 86.8 Å². The summed E-state index contributed by atoms with van der Waals surface area (Å²) in [5, 5.41) is 6.35. The molecule has 2 aromatic carbocycles. The Morgan fingerprint density at radius 3 is 2.32 bits per heavy atom. The molecular formula is C23H21ClN2O4S. The number of thiophene rings is 1. The summed E-state index contributed by atoms with van der Waals surface area (Å²) in [6, 6.07) is 16.2. The molecule has 0 aliphatic carbocycles. The SMILES string of the molecule is COC(=O)c1c(NC(=O)c2ccc(Cl)cc2)sc(C(=O)NCCc2ccccc2)c1C. The van der Waals surface area contributed by atoms with E-state index < -0.39 is 11.9 Å². The van der Waals surface area contributed by atoms with E-state index in [4.69, 9.17) is 16.3 Å². The van der Waals surface area contributed by atoms with Crippen LogP contribution in [-0.2, 0) is 11.2 Å². The molecule has 31 heavy (non-hydrogen) atoms. The minimum atomic E-state index is -0.622. The molecule has 160 valence electrons. The van der Waals surface area contributed by atoms with Gasteiger partial charge in [-0.25, -0.2) is 4.79 Å². The Balaban J connectivity index is 1.78. The van der Waals surface area contributed by atoms with E-state index in [9.17, 15) is 14.4 Å². The first-order valence-corrected chi connectivity index (χ1v) is 10.7. The van der Waals surface area contributed by atoms with Gasteiger partial charge >= 0.3 is 5.97 Å². The maximum atomic E-state index is 12.7. The first kappa shape index (κ1) is 22.5. The molecule has 0 aliphatic rings. The van der Waals surface area contributed by atoms with Crippen LogP contribution in [0.25, 0.3) is 0 Å². The van der Waals surface area contributed by atoms with E-state index in [2.05, 4.69) is 10.6 Å². The Morgan fingerprint density at radius 2 is 1.68 bits per heavy atom. The summed E-state index contributed by atoms with van der Waals surface area (Å²) in [4.78, 5) is 38.0. The number of hydrogen-bond acceptors (Lipinski definition) is 5. The minimum absolute atomic E-state index is 0.169. The largest absolute Gasteiger partial charge is 0.465 e. The van der Waals surface area contributed by atoms with Gasteiger partial charge in [0.25, 0.3) is 11.8 Å². The molecule has 1 aromatic heterocycles. The lowest BCUT2D eigenvalue weighted by Gasteiger charge is -2.06. The molecule has 6 nitrogen and oxygen atoms in total. The number of halogens is 1. The Labute approximate surface area is 189 Å². The Kier molecular flexibility index (Phi) is 7.44. The minimum Gasteiger partial charge on any atom is -0.465 e. The number of esters is 1. The zero-order valence-electron chi connectivity index (χ0n) is 17.0. The van der Waals surface area contributed by atoms with Gasteiger partial charge in [-0.3, -0.25) is 9.59 Å². The third-order valence-electron chi connectivity index (χ3n) is 4.62. The molecule has 0 fully saturated rings. The fraction of sp³-hybridized carbons (Fsp3) is 0.174.